The number of non-ortho nitro benzene ring substituents is 1. The quantitative estimate of drug-likeness (QED) is 0.301. The zero-order valence-electron chi connectivity index (χ0n) is 13.0. The fourth-order valence-corrected chi connectivity index (χ4v) is 3.36. The molecule has 0 fully saturated rings. The van der Waals surface area contributed by atoms with Gasteiger partial charge in [-0.3, -0.25) is 19.7 Å². The van der Waals surface area contributed by atoms with Gasteiger partial charge in [-0.15, -0.1) is 0 Å². The topological polar surface area (TPSA) is 127 Å². The lowest BCUT2D eigenvalue weighted by molar-refractivity contribution is -0.384. The highest BCUT2D eigenvalue weighted by molar-refractivity contribution is 9.10. The number of aromatic amines is 2. The van der Waals surface area contributed by atoms with Gasteiger partial charge in [0.25, 0.3) is 5.69 Å². The molecule has 0 aliphatic rings. The average Bonchev–Trinajstić information content (AvgIpc) is 2.99. The van der Waals surface area contributed by atoms with Crippen LogP contribution >= 0.6 is 15.9 Å². The summed E-state index contributed by atoms with van der Waals surface area (Å²) in [5, 5.41) is 10.9. The first-order valence-electron chi connectivity index (χ1n) is 7.46. The maximum Gasteiger partial charge on any atom is 0.314 e. The van der Waals surface area contributed by atoms with Gasteiger partial charge in [0, 0.05) is 16.6 Å². The zero-order valence-corrected chi connectivity index (χ0v) is 14.6. The van der Waals surface area contributed by atoms with E-state index in [1.54, 1.807) is 18.5 Å². The number of nitro benzene ring substituents is 1. The number of hydrogen-bond donors (Lipinski definition) is 2. The van der Waals surface area contributed by atoms with E-state index in [-0.39, 0.29) is 5.69 Å². The number of rotatable bonds is 3. The van der Waals surface area contributed by atoms with Crippen molar-refractivity contribution < 1.29 is 4.92 Å². The highest BCUT2D eigenvalue weighted by Gasteiger charge is 2.12. The SMILES string of the molecule is O=c1[nH]c2cc(Br)cc(Cn3cnc4cc([N+](=O)[O-])ccc43)c2[nH]c1=O. The Morgan fingerprint density at radius 3 is 2.69 bits per heavy atom. The largest absolute Gasteiger partial charge is 0.326 e. The lowest BCUT2D eigenvalue weighted by Gasteiger charge is -2.09. The smallest absolute Gasteiger partial charge is 0.314 e. The Morgan fingerprint density at radius 2 is 1.92 bits per heavy atom. The number of imidazole rings is 1. The number of fused-ring (bicyclic) bond motifs is 2. The molecule has 0 spiro atoms. The van der Waals surface area contributed by atoms with Crippen molar-refractivity contribution >= 4 is 43.7 Å². The molecule has 0 atom stereocenters. The van der Waals surface area contributed by atoms with Crippen LogP contribution in [0.15, 0.2) is 50.7 Å². The monoisotopic (exact) mass is 415 g/mol. The fourth-order valence-electron chi connectivity index (χ4n) is 2.86. The Labute approximate surface area is 152 Å². The summed E-state index contributed by atoms with van der Waals surface area (Å²) in [4.78, 5) is 43.0. The maximum absolute atomic E-state index is 11.7. The molecular formula is C16H10BrN5O4. The summed E-state index contributed by atoms with van der Waals surface area (Å²) in [6, 6.07) is 7.98. The van der Waals surface area contributed by atoms with Gasteiger partial charge in [-0.25, -0.2) is 4.98 Å². The molecule has 9 nitrogen and oxygen atoms in total. The Morgan fingerprint density at radius 1 is 1.15 bits per heavy atom. The molecule has 0 aliphatic carbocycles. The summed E-state index contributed by atoms with van der Waals surface area (Å²) in [5.41, 5.74) is 1.50. The van der Waals surface area contributed by atoms with Crippen molar-refractivity contribution in [1.82, 2.24) is 19.5 Å². The van der Waals surface area contributed by atoms with Crippen molar-refractivity contribution in [3.63, 3.8) is 0 Å². The molecule has 0 saturated heterocycles. The minimum atomic E-state index is -0.729. The second kappa shape index (κ2) is 5.92. The number of nitro groups is 1. The van der Waals surface area contributed by atoms with Crippen LogP contribution in [0.1, 0.15) is 5.56 Å². The van der Waals surface area contributed by atoms with Gasteiger partial charge in [0.2, 0.25) is 0 Å². The first-order valence-corrected chi connectivity index (χ1v) is 8.26. The second-order valence-electron chi connectivity index (χ2n) is 5.70. The zero-order chi connectivity index (χ0) is 18.4. The van der Waals surface area contributed by atoms with Crippen molar-refractivity contribution in [1.29, 1.82) is 0 Å². The molecule has 0 saturated carbocycles. The van der Waals surface area contributed by atoms with Gasteiger partial charge in [-0.2, -0.15) is 0 Å². The van der Waals surface area contributed by atoms with E-state index >= 15 is 0 Å². The number of benzene rings is 2. The van der Waals surface area contributed by atoms with Crippen LogP contribution in [0.4, 0.5) is 5.69 Å². The Bertz CT molecular complexity index is 1300. The van der Waals surface area contributed by atoms with Gasteiger partial charge in [0.05, 0.1) is 39.9 Å². The van der Waals surface area contributed by atoms with E-state index < -0.39 is 16.0 Å². The third-order valence-electron chi connectivity index (χ3n) is 4.03. The fraction of sp³-hybridized carbons (Fsp3) is 0.0625. The predicted molar refractivity (Wildman–Crippen MR) is 98.4 cm³/mol. The minimum absolute atomic E-state index is 0.0300. The lowest BCUT2D eigenvalue weighted by atomic mass is 10.1. The molecule has 10 heteroatoms. The third-order valence-corrected chi connectivity index (χ3v) is 4.49. The number of nitrogens with zero attached hydrogens (tertiary/aromatic N) is 3. The molecule has 2 heterocycles. The molecular weight excluding hydrogens is 406 g/mol. The van der Waals surface area contributed by atoms with Crippen LogP contribution in [0.25, 0.3) is 22.1 Å². The summed E-state index contributed by atoms with van der Waals surface area (Å²) in [7, 11) is 0. The molecule has 0 bridgehead atoms. The summed E-state index contributed by atoms with van der Waals surface area (Å²) in [6.07, 6.45) is 1.57. The third kappa shape index (κ3) is 2.69. The van der Waals surface area contributed by atoms with E-state index in [4.69, 9.17) is 0 Å². The van der Waals surface area contributed by atoms with E-state index in [9.17, 15) is 19.7 Å². The van der Waals surface area contributed by atoms with E-state index in [1.165, 1.54) is 12.1 Å². The molecule has 2 N–H and O–H groups in total. The van der Waals surface area contributed by atoms with Crippen LogP contribution in [0.5, 0.6) is 0 Å². The highest BCUT2D eigenvalue weighted by atomic mass is 79.9. The minimum Gasteiger partial charge on any atom is -0.326 e. The number of halogens is 1. The number of aromatic nitrogens is 4. The van der Waals surface area contributed by atoms with E-state index in [2.05, 4.69) is 30.9 Å². The van der Waals surface area contributed by atoms with E-state index in [0.29, 0.717) is 23.1 Å². The van der Waals surface area contributed by atoms with Crippen LogP contribution in [0, 0.1) is 10.1 Å². The van der Waals surface area contributed by atoms with Gasteiger partial charge in [-0.05, 0) is 23.8 Å². The molecule has 130 valence electrons. The van der Waals surface area contributed by atoms with Gasteiger partial charge in [0.15, 0.2) is 0 Å². The van der Waals surface area contributed by atoms with E-state index in [1.807, 2.05) is 10.6 Å². The lowest BCUT2D eigenvalue weighted by Crippen LogP contribution is -2.29. The Balaban J connectivity index is 1.86. The van der Waals surface area contributed by atoms with E-state index in [0.717, 1.165) is 15.6 Å². The molecule has 0 unspecified atom stereocenters. The first-order chi connectivity index (χ1) is 12.4. The number of H-pyrrole nitrogens is 2. The Hall–Kier alpha value is -3.27. The van der Waals surface area contributed by atoms with Crippen LogP contribution in [0.2, 0.25) is 0 Å². The van der Waals surface area contributed by atoms with Crippen molar-refractivity contribution in [3.05, 3.63) is 77.5 Å². The summed E-state index contributed by atoms with van der Waals surface area (Å²) < 4.78 is 2.55. The predicted octanol–water partition coefficient (Wildman–Crippen LogP) is 2.29. The van der Waals surface area contributed by atoms with Crippen molar-refractivity contribution in [3.8, 4) is 0 Å². The van der Waals surface area contributed by atoms with Gasteiger partial charge >= 0.3 is 11.1 Å². The average molecular weight is 416 g/mol. The van der Waals surface area contributed by atoms with Gasteiger partial charge < -0.3 is 14.5 Å². The van der Waals surface area contributed by atoms with Gasteiger partial charge in [-0.1, -0.05) is 15.9 Å². The first kappa shape index (κ1) is 16.2. The van der Waals surface area contributed by atoms with Gasteiger partial charge in [0.1, 0.15) is 0 Å². The number of nitrogens with one attached hydrogen (secondary N) is 2. The Kier molecular flexibility index (Phi) is 3.69. The van der Waals surface area contributed by atoms with Crippen molar-refractivity contribution in [2.45, 2.75) is 6.54 Å². The second-order valence-corrected chi connectivity index (χ2v) is 6.61. The molecule has 0 radical (unpaired) electrons. The molecule has 2 aromatic heterocycles. The highest BCUT2D eigenvalue weighted by Crippen LogP contribution is 2.24. The maximum atomic E-state index is 11.7. The molecule has 4 aromatic rings. The normalized spacial score (nSPS) is 11.3. The summed E-state index contributed by atoms with van der Waals surface area (Å²) >= 11 is 3.39. The molecule has 26 heavy (non-hydrogen) atoms. The van der Waals surface area contributed by atoms with Crippen molar-refractivity contribution in [2.24, 2.45) is 0 Å². The molecule has 2 aromatic carbocycles. The number of hydrogen-bond acceptors (Lipinski definition) is 5. The summed E-state index contributed by atoms with van der Waals surface area (Å²) in [5.74, 6) is 0. The van der Waals surface area contributed by atoms with Crippen LogP contribution in [-0.4, -0.2) is 24.4 Å². The van der Waals surface area contributed by atoms with Crippen LogP contribution in [0.3, 0.4) is 0 Å². The van der Waals surface area contributed by atoms with Crippen LogP contribution < -0.4 is 11.1 Å². The molecule has 0 amide bonds. The van der Waals surface area contributed by atoms with Crippen molar-refractivity contribution in [2.75, 3.05) is 0 Å². The summed E-state index contributed by atoms with van der Waals surface area (Å²) in [6.45, 7) is 0.353. The molecule has 0 aliphatic heterocycles. The molecule has 4 rings (SSSR count). The standard InChI is InChI=1S/C16H10BrN5O4/c17-9-3-8(14-12(4-9)19-15(23)16(24)20-14)6-21-7-18-11-5-10(22(25)26)1-2-13(11)21/h1-5,7H,6H2,(H,19,23)(H,20,24). The van der Waals surface area contributed by atoms with Crippen LogP contribution in [-0.2, 0) is 6.54 Å².